The molecule has 94 valence electrons. The minimum Gasteiger partial charge on any atom is -0.366 e. The van der Waals surface area contributed by atoms with E-state index in [9.17, 15) is 9.18 Å². The lowest BCUT2D eigenvalue weighted by Crippen LogP contribution is -2.20. The molecule has 18 heavy (non-hydrogen) atoms. The second-order valence-corrected chi connectivity index (χ2v) is 4.10. The highest BCUT2D eigenvalue weighted by Crippen LogP contribution is 2.21. The normalized spacial score (nSPS) is 10.4. The molecule has 0 bridgehead atoms. The van der Waals surface area contributed by atoms with E-state index < -0.39 is 5.82 Å². The molecule has 1 aromatic carbocycles. The van der Waals surface area contributed by atoms with Crippen LogP contribution in [0.25, 0.3) is 0 Å². The van der Waals surface area contributed by atoms with E-state index >= 15 is 0 Å². The zero-order valence-electron chi connectivity index (χ0n) is 10.3. The van der Waals surface area contributed by atoms with Crippen LogP contribution in [0.15, 0.2) is 30.6 Å². The van der Waals surface area contributed by atoms with Crippen molar-refractivity contribution in [3.05, 3.63) is 47.8 Å². The Morgan fingerprint density at radius 3 is 2.89 bits per heavy atom. The molecule has 2 aromatic rings. The predicted octanol–water partition coefficient (Wildman–Crippen LogP) is 2.01. The number of carbonyl (C=O) groups is 1. The average Bonchev–Trinajstić information content (AvgIpc) is 2.74. The molecule has 4 nitrogen and oxygen atoms in total. The quantitative estimate of drug-likeness (QED) is 0.776. The van der Waals surface area contributed by atoms with Crippen molar-refractivity contribution in [3.63, 3.8) is 0 Å². The molecule has 0 saturated carbocycles. The third kappa shape index (κ3) is 2.25. The topological polar surface area (TPSA) is 38.1 Å². The smallest absolute Gasteiger partial charge is 0.155 e. The highest BCUT2D eigenvalue weighted by Gasteiger charge is 2.12. The van der Waals surface area contributed by atoms with Crippen molar-refractivity contribution in [1.29, 1.82) is 0 Å². The number of carbonyl (C=O) groups excluding carboxylic acids is 1. The van der Waals surface area contributed by atoms with Gasteiger partial charge in [-0.15, -0.1) is 0 Å². The lowest BCUT2D eigenvalue weighted by molar-refractivity contribution is 0.112. The number of aryl methyl sites for hydroxylation is 1. The number of nitrogens with zero attached hydrogens (tertiary/aromatic N) is 3. The van der Waals surface area contributed by atoms with Crippen molar-refractivity contribution in [1.82, 2.24) is 9.55 Å². The summed E-state index contributed by atoms with van der Waals surface area (Å²) >= 11 is 0. The Bertz CT molecular complexity index is 565. The summed E-state index contributed by atoms with van der Waals surface area (Å²) in [5.41, 5.74) is 0.641. The second kappa shape index (κ2) is 5.00. The number of anilines is 1. The maximum absolute atomic E-state index is 13.5. The van der Waals surface area contributed by atoms with Gasteiger partial charge >= 0.3 is 0 Å². The van der Waals surface area contributed by atoms with Gasteiger partial charge in [0.15, 0.2) is 6.29 Å². The molecule has 0 saturated heterocycles. The summed E-state index contributed by atoms with van der Waals surface area (Å²) in [4.78, 5) is 16.9. The van der Waals surface area contributed by atoms with E-state index in [1.165, 1.54) is 6.07 Å². The summed E-state index contributed by atoms with van der Waals surface area (Å²) in [6.45, 7) is 0.508. The van der Waals surface area contributed by atoms with Crippen LogP contribution in [0.2, 0.25) is 0 Å². The molecular weight excluding hydrogens is 233 g/mol. The second-order valence-electron chi connectivity index (χ2n) is 4.10. The van der Waals surface area contributed by atoms with E-state index in [0.717, 1.165) is 5.82 Å². The number of hydrogen-bond acceptors (Lipinski definition) is 3. The van der Waals surface area contributed by atoms with Crippen LogP contribution in [-0.4, -0.2) is 22.9 Å². The summed E-state index contributed by atoms with van der Waals surface area (Å²) in [7, 11) is 3.69. The highest BCUT2D eigenvalue weighted by atomic mass is 19.1. The number of rotatable bonds is 4. The zero-order valence-corrected chi connectivity index (χ0v) is 10.3. The number of halogens is 1. The molecule has 0 unspecified atom stereocenters. The Hall–Kier alpha value is -2.17. The minimum atomic E-state index is -0.505. The first-order valence-electron chi connectivity index (χ1n) is 5.54. The Kier molecular flexibility index (Phi) is 3.41. The minimum absolute atomic E-state index is 0.0780. The SMILES string of the molecule is CN(Cc1nccn1C)c1cccc(F)c1C=O. The monoisotopic (exact) mass is 247 g/mol. The van der Waals surface area contributed by atoms with Crippen molar-refractivity contribution < 1.29 is 9.18 Å². The van der Waals surface area contributed by atoms with Crippen molar-refractivity contribution in [3.8, 4) is 0 Å². The van der Waals surface area contributed by atoms with Crippen LogP contribution in [0.1, 0.15) is 16.2 Å². The van der Waals surface area contributed by atoms with Gasteiger partial charge in [0.05, 0.1) is 17.8 Å². The predicted molar refractivity (Wildman–Crippen MR) is 67.1 cm³/mol. The summed E-state index contributed by atoms with van der Waals surface area (Å²) < 4.78 is 15.4. The van der Waals surface area contributed by atoms with Gasteiger partial charge in [0.25, 0.3) is 0 Å². The van der Waals surface area contributed by atoms with Crippen LogP contribution >= 0.6 is 0 Å². The maximum atomic E-state index is 13.5. The van der Waals surface area contributed by atoms with Gasteiger partial charge < -0.3 is 9.47 Å². The van der Waals surface area contributed by atoms with Gasteiger partial charge in [-0.2, -0.15) is 0 Å². The molecule has 0 amide bonds. The molecule has 0 spiro atoms. The van der Waals surface area contributed by atoms with E-state index in [1.807, 2.05) is 17.8 Å². The van der Waals surface area contributed by atoms with Crippen molar-refractivity contribution in [2.45, 2.75) is 6.54 Å². The van der Waals surface area contributed by atoms with Crippen LogP contribution in [0.5, 0.6) is 0 Å². The van der Waals surface area contributed by atoms with Gasteiger partial charge in [-0.3, -0.25) is 4.79 Å². The van der Waals surface area contributed by atoms with Gasteiger partial charge in [-0.05, 0) is 12.1 Å². The first-order valence-corrected chi connectivity index (χ1v) is 5.54. The fraction of sp³-hybridized carbons (Fsp3) is 0.231. The molecule has 0 N–H and O–H groups in total. The molecule has 1 aromatic heterocycles. The highest BCUT2D eigenvalue weighted by molar-refractivity contribution is 5.84. The number of aldehydes is 1. The van der Waals surface area contributed by atoms with E-state index in [4.69, 9.17) is 0 Å². The summed E-state index contributed by atoms with van der Waals surface area (Å²) in [5, 5.41) is 0. The molecule has 0 fully saturated rings. The molecule has 1 heterocycles. The van der Waals surface area contributed by atoms with Crippen molar-refractivity contribution in [2.24, 2.45) is 7.05 Å². The lowest BCUT2D eigenvalue weighted by atomic mass is 10.1. The average molecular weight is 247 g/mol. The number of aromatic nitrogens is 2. The summed E-state index contributed by atoms with van der Waals surface area (Å²) in [6.07, 6.45) is 4.09. The van der Waals surface area contributed by atoms with Crippen LogP contribution in [0, 0.1) is 5.82 Å². The molecule has 0 aliphatic rings. The Labute approximate surface area is 105 Å². The van der Waals surface area contributed by atoms with Gasteiger partial charge in [-0.1, -0.05) is 6.07 Å². The molecule has 0 atom stereocenters. The van der Waals surface area contributed by atoms with Crippen molar-refractivity contribution >= 4 is 12.0 Å². The molecule has 0 radical (unpaired) electrons. The summed E-state index contributed by atoms with van der Waals surface area (Å²) in [6, 6.07) is 4.59. The van der Waals surface area contributed by atoms with Crippen LogP contribution < -0.4 is 4.90 Å². The third-order valence-corrected chi connectivity index (χ3v) is 2.86. The Balaban J connectivity index is 2.29. The number of benzene rings is 1. The van der Waals surface area contributed by atoms with E-state index in [2.05, 4.69) is 4.98 Å². The molecule has 0 aliphatic carbocycles. The van der Waals surface area contributed by atoms with Gasteiger partial charge in [0, 0.05) is 26.5 Å². The van der Waals surface area contributed by atoms with E-state index in [1.54, 1.807) is 30.3 Å². The third-order valence-electron chi connectivity index (χ3n) is 2.86. The van der Waals surface area contributed by atoms with Gasteiger partial charge in [0.1, 0.15) is 11.6 Å². The first kappa shape index (κ1) is 12.3. The van der Waals surface area contributed by atoms with Crippen LogP contribution in [0.4, 0.5) is 10.1 Å². The molecular formula is C13H14FN3O. The van der Waals surface area contributed by atoms with Crippen molar-refractivity contribution in [2.75, 3.05) is 11.9 Å². The van der Waals surface area contributed by atoms with E-state index in [-0.39, 0.29) is 5.56 Å². The lowest BCUT2D eigenvalue weighted by Gasteiger charge is -2.20. The van der Waals surface area contributed by atoms with Crippen LogP contribution in [-0.2, 0) is 13.6 Å². The molecule has 0 aliphatic heterocycles. The number of imidazole rings is 1. The Morgan fingerprint density at radius 1 is 1.50 bits per heavy atom. The fourth-order valence-electron chi connectivity index (χ4n) is 1.82. The van der Waals surface area contributed by atoms with E-state index in [0.29, 0.717) is 18.5 Å². The zero-order chi connectivity index (χ0) is 13.1. The molecule has 2 rings (SSSR count). The molecule has 5 heteroatoms. The summed E-state index contributed by atoms with van der Waals surface area (Å²) in [5.74, 6) is 0.341. The van der Waals surface area contributed by atoms with Gasteiger partial charge in [0.2, 0.25) is 0 Å². The fourth-order valence-corrected chi connectivity index (χ4v) is 1.82. The Morgan fingerprint density at radius 2 is 2.28 bits per heavy atom. The number of hydrogen-bond donors (Lipinski definition) is 0. The van der Waals surface area contributed by atoms with Crippen LogP contribution in [0.3, 0.4) is 0 Å². The standard InChI is InChI=1S/C13H14FN3O/c1-16-7-6-15-13(16)8-17(2)12-5-3-4-11(14)10(12)9-18/h3-7,9H,8H2,1-2H3. The van der Waals surface area contributed by atoms with Gasteiger partial charge in [-0.25, -0.2) is 9.37 Å². The maximum Gasteiger partial charge on any atom is 0.155 e. The largest absolute Gasteiger partial charge is 0.366 e. The first-order chi connectivity index (χ1) is 8.63.